The van der Waals surface area contributed by atoms with Gasteiger partial charge in [-0.05, 0) is 31.9 Å². The maximum atomic E-state index is 12.3. The Labute approximate surface area is 146 Å². The molecular formula is C17H25N3O3S. The first-order valence-corrected chi connectivity index (χ1v) is 9.38. The lowest BCUT2D eigenvalue weighted by Crippen LogP contribution is -2.49. The first-order chi connectivity index (χ1) is 11.6. The summed E-state index contributed by atoms with van der Waals surface area (Å²) in [7, 11) is 0. The highest BCUT2D eigenvalue weighted by atomic mass is 32.1. The van der Waals surface area contributed by atoms with Crippen molar-refractivity contribution in [1.82, 2.24) is 15.1 Å². The topological polar surface area (TPSA) is 61.9 Å². The molecule has 6 nitrogen and oxygen atoms in total. The van der Waals surface area contributed by atoms with Crippen LogP contribution in [0.1, 0.15) is 27.4 Å². The van der Waals surface area contributed by atoms with Gasteiger partial charge in [-0.2, -0.15) is 0 Å². The van der Waals surface area contributed by atoms with Crippen molar-refractivity contribution in [1.29, 1.82) is 0 Å². The number of aryl methyl sites for hydroxylation is 1. The van der Waals surface area contributed by atoms with E-state index in [4.69, 9.17) is 4.74 Å². The van der Waals surface area contributed by atoms with Gasteiger partial charge in [0.15, 0.2) is 0 Å². The van der Waals surface area contributed by atoms with Crippen LogP contribution >= 0.6 is 11.3 Å². The van der Waals surface area contributed by atoms with Gasteiger partial charge in [0.1, 0.15) is 0 Å². The van der Waals surface area contributed by atoms with Crippen molar-refractivity contribution >= 4 is 23.2 Å². The molecule has 2 amide bonds. The van der Waals surface area contributed by atoms with E-state index in [1.165, 1.54) is 11.3 Å². The average Bonchev–Trinajstić information content (AvgIpc) is 3.04. The summed E-state index contributed by atoms with van der Waals surface area (Å²) in [6.45, 7) is 6.87. The molecule has 0 saturated carbocycles. The van der Waals surface area contributed by atoms with Crippen molar-refractivity contribution < 1.29 is 14.3 Å². The third-order valence-electron chi connectivity index (χ3n) is 4.61. The zero-order valence-electron chi connectivity index (χ0n) is 14.1. The van der Waals surface area contributed by atoms with Gasteiger partial charge in [0.25, 0.3) is 5.91 Å². The maximum absolute atomic E-state index is 12.3. The van der Waals surface area contributed by atoms with E-state index in [1.807, 2.05) is 24.0 Å². The smallest absolute Gasteiger partial charge is 0.261 e. The van der Waals surface area contributed by atoms with Crippen molar-refractivity contribution in [3.63, 3.8) is 0 Å². The van der Waals surface area contributed by atoms with Crippen LogP contribution in [0.4, 0.5) is 0 Å². The van der Waals surface area contributed by atoms with Gasteiger partial charge in [0.05, 0.1) is 24.6 Å². The van der Waals surface area contributed by atoms with E-state index in [0.29, 0.717) is 32.8 Å². The molecule has 1 aromatic heterocycles. The van der Waals surface area contributed by atoms with Crippen molar-refractivity contribution in [2.45, 2.75) is 25.8 Å². The number of thiophene rings is 1. The molecule has 2 aliphatic heterocycles. The number of nitrogens with zero attached hydrogens (tertiary/aromatic N) is 2. The fourth-order valence-corrected chi connectivity index (χ4v) is 3.92. The number of morpholine rings is 1. The molecule has 1 aromatic rings. The number of nitrogens with one attached hydrogen (secondary N) is 1. The Morgan fingerprint density at radius 2 is 1.92 bits per heavy atom. The quantitative estimate of drug-likeness (QED) is 0.883. The number of likely N-dealkylation sites (tertiary alicyclic amines) is 1. The minimum Gasteiger partial charge on any atom is -0.378 e. The first kappa shape index (κ1) is 17.4. The molecule has 0 unspecified atom stereocenters. The lowest BCUT2D eigenvalue weighted by atomic mass is 10.0. The van der Waals surface area contributed by atoms with Crippen molar-refractivity contribution in [2.75, 3.05) is 45.9 Å². The molecule has 0 spiro atoms. The van der Waals surface area contributed by atoms with Crippen LogP contribution in [0, 0.1) is 6.92 Å². The Morgan fingerprint density at radius 1 is 1.21 bits per heavy atom. The van der Waals surface area contributed by atoms with Gasteiger partial charge >= 0.3 is 0 Å². The van der Waals surface area contributed by atoms with Crippen LogP contribution in [0.15, 0.2) is 12.1 Å². The number of amides is 2. The van der Waals surface area contributed by atoms with Gasteiger partial charge in [0, 0.05) is 37.1 Å². The van der Waals surface area contributed by atoms with Crippen molar-refractivity contribution in [2.24, 2.45) is 0 Å². The SMILES string of the molecule is Cc1ccc(C(=O)NC2CCN(CC(=O)N3CCOCC3)CC2)s1. The minimum absolute atomic E-state index is 0.0240. The molecule has 2 aliphatic rings. The summed E-state index contributed by atoms with van der Waals surface area (Å²) in [5.74, 6) is 0.214. The van der Waals surface area contributed by atoms with Crippen LogP contribution in [-0.4, -0.2) is 73.6 Å². The van der Waals surface area contributed by atoms with Crippen LogP contribution in [0.25, 0.3) is 0 Å². The monoisotopic (exact) mass is 351 g/mol. The van der Waals surface area contributed by atoms with E-state index >= 15 is 0 Å². The third-order valence-corrected chi connectivity index (χ3v) is 5.61. The number of hydrogen-bond donors (Lipinski definition) is 1. The van der Waals surface area contributed by atoms with Crippen LogP contribution in [0.3, 0.4) is 0 Å². The second-order valence-corrected chi connectivity index (χ2v) is 7.72. The van der Waals surface area contributed by atoms with E-state index in [9.17, 15) is 9.59 Å². The number of ether oxygens (including phenoxy) is 1. The van der Waals surface area contributed by atoms with Crippen LogP contribution in [0.2, 0.25) is 0 Å². The highest BCUT2D eigenvalue weighted by Gasteiger charge is 2.25. The van der Waals surface area contributed by atoms with Crippen LogP contribution < -0.4 is 5.32 Å². The van der Waals surface area contributed by atoms with Crippen molar-refractivity contribution in [3.05, 3.63) is 21.9 Å². The number of carbonyl (C=O) groups is 2. The number of rotatable bonds is 4. The molecule has 0 aliphatic carbocycles. The highest BCUT2D eigenvalue weighted by Crippen LogP contribution is 2.17. The third kappa shape index (κ3) is 4.55. The van der Waals surface area contributed by atoms with Gasteiger partial charge in [-0.1, -0.05) is 0 Å². The fourth-order valence-electron chi connectivity index (χ4n) is 3.15. The predicted molar refractivity (Wildman–Crippen MR) is 93.4 cm³/mol. The van der Waals surface area contributed by atoms with E-state index in [-0.39, 0.29) is 17.9 Å². The molecule has 3 heterocycles. The Hall–Kier alpha value is -1.44. The molecule has 0 radical (unpaired) electrons. The van der Waals surface area contributed by atoms with Crippen LogP contribution in [0.5, 0.6) is 0 Å². The molecule has 7 heteroatoms. The fraction of sp³-hybridized carbons (Fsp3) is 0.647. The first-order valence-electron chi connectivity index (χ1n) is 8.57. The van der Waals surface area contributed by atoms with Gasteiger partial charge < -0.3 is 15.0 Å². The lowest BCUT2D eigenvalue weighted by molar-refractivity contribution is -0.136. The Bertz CT molecular complexity index is 575. The molecular weight excluding hydrogens is 326 g/mol. The van der Waals surface area contributed by atoms with E-state index in [0.717, 1.165) is 35.7 Å². The highest BCUT2D eigenvalue weighted by molar-refractivity contribution is 7.13. The average molecular weight is 351 g/mol. The Balaban J connectivity index is 1.40. The molecule has 0 atom stereocenters. The maximum Gasteiger partial charge on any atom is 0.261 e. The lowest BCUT2D eigenvalue weighted by Gasteiger charge is -2.34. The van der Waals surface area contributed by atoms with E-state index in [2.05, 4.69) is 10.2 Å². The van der Waals surface area contributed by atoms with Gasteiger partial charge in [-0.25, -0.2) is 0 Å². The Kier molecular flexibility index (Phi) is 5.86. The summed E-state index contributed by atoms with van der Waals surface area (Å²) in [4.78, 5) is 30.5. The number of carbonyl (C=O) groups excluding carboxylic acids is 2. The molecule has 2 fully saturated rings. The molecule has 0 aromatic carbocycles. The summed E-state index contributed by atoms with van der Waals surface area (Å²) in [5.41, 5.74) is 0. The van der Waals surface area contributed by atoms with Crippen molar-refractivity contribution in [3.8, 4) is 0 Å². The molecule has 0 bridgehead atoms. The summed E-state index contributed by atoms with van der Waals surface area (Å²) >= 11 is 1.53. The van der Waals surface area contributed by atoms with Crippen LogP contribution in [-0.2, 0) is 9.53 Å². The predicted octanol–water partition coefficient (Wildman–Crippen LogP) is 1.11. The zero-order valence-corrected chi connectivity index (χ0v) is 14.9. The summed E-state index contributed by atoms with van der Waals surface area (Å²) < 4.78 is 5.28. The number of hydrogen-bond acceptors (Lipinski definition) is 5. The minimum atomic E-state index is 0.0240. The zero-order chi connectivity index (χ0) is 16.9. The summed E-state index contributed by atoms with van der Waals surface area (Å²) in [6.07, 6.45) is 1.79. The van der Waals surface area contributed by atoms with Gasteiger partial charge in [-0.3, -0.25) is 14.5 Å². The normalized spacial score (nSPS) is 20.1. The molecule has 132 valence electrons. The number of piperidine rings is 1. The second-order valence-electron chi connectivity index (χ2n) is 6.43. The summed E-state index contributed by atoms with van der Waals surface area (Å²) in [6, 6.07) is 4.06. The molecule has 2 saturated heterocycles. The summed E-state index contributed by atoms with van der Waals surface area (Å²) in [5, 5.41) is 3.12. The standard InChI is InChI=1S/C17H25N3O3S/c1-13-2-3-15(24-13)17(22)18-14-4-6-19(7-5-14)12-16(21)20-8-10-23-11-9-20/h2-3,14H,4-12H2,1H3,(H,18,22). The van der Waals surface area contributed by atoms with Gasteiger partial charge in [-0.15, -0.1) is 11.3 Å². The Morgan fingerprint density at radius 3 is 2.54 bits per heavy atom. The molecule has 24 heavy (non-hydrogen) atoms. The largest absolute Gasteiger partial charge is 0.378 e. The molecule has 1 N–H and O–H groups in total. The second kappa shape index (κ2) is 8.09. The van der Waals surface area contributed by atoms with E-state index < -0.39 is 0 Å². The van der Waals surface area contributed by atoms with E-state index in [1.54, 1.807) is 0 Å². The molecule has 3 rings (SSSR count). The van der Waals surface area contributed by atoms with Gasteiger partial charge in [0.2, 0.25) is 5.91 Å².